The van der Waals surface area contributed by atoms with Crippen molar-refractivity contribution in [2.75, 3.05) is 36.5 Å². The first-order valence-corrected chi connectivity index (χ1v) is 7.42. The van der Waals surface area contributed by atoms with Crippen molar-refractivity contribution < 1.29 is 9.53 Å². The lowest BCUT2D eigenvalue weighted by molar-refractivity contribution is 0.102. The Morgan fingerprint density at radius 3 is 2.86 bits per heavy atom. The number of carbonyl (C=O) groups excluding carboxylic acids is 1. The van der Waals surface area contributed by atoms with Gasteiger partial charge in [0.25, 0.3) is 5.91 Å². The van der Waals surface area contributed by atoms with Gasteiger partial charge in [0.2, 0.25) is 0 Å². The normalized spacial score (nSPS) is 15.0. The van der Waals surface area contributed by atoms with Gasteiger partial charge in [-0.05, 0) is 6.92 Å². The molecule has 3 rings (SSSR count). The van der Waals surface area contributed by atoms with Gasteiger partial charge >= 0.3 is 0 Å². The standard InChI is InChI=1S/C13H15N5O2S/c1-9-7-14-13(21-9)17-12(19)10-6-11(16-8-15-10)18-2-4-20-5-3-18/h6-8H,2-5H2,1H3,(H,14,17,19). The summed E-state index contributed by atoms with van der Waals surface area (Å²) >= 11 is 1.43. The molecule has 0 aromatic carbocycles. The SMILES string of the molecule is Cc1cnc(NC(=O)c2cc(N3CCOCC3)ncn2)s1. The summed E-state index contributed by atoms with van der Waals surface area (Å²) in [7, 11) is 0. The summed E-state index contributed by atoms with van der Waals surface area (Å²) in [6.45, 7) is 4.82. The minimum atomic E-state index is -0.277. The van der Waals surface area contributed by atoms with Crippen LogP contribution in [0.2, 0.25) is 0 Å². The minimum absolute atomic E-state index is 0.277. The molecule has 0 atom stereocenters. The van der Waals surface area contributed by atoms with Crippen molar-refractivity contribution in [3.8, 4) is 0 Å². The van der Waals surface area contributed by atoms with Crippen LogP contribution in [0.3, 0.4) is 0 Å². The third-order valence-electron chi connectivity index (χ3n) is 3.06. The molecule has 0 unspecified atom stereocenters. The Bertz CT molecular complexity index is 639. The van der Waals surface area contributed by atoms with Crippen LogP contribution in [0, 0.1) is 6.92 Å². The first kappa shape index (κ1) is 13.9. The third-order valence-corrected chi connectivity index (χ3v) is 3.89. The number of nitrogens with zero attached hydrogens (tertiary/aromatic N) is 4. The van der Waals surface area contributed by atoms with Crippen molar-refractivity contribution in [2.45, 2.75) is 6.92 Å². The lowest BCUT2D eigenvalue weighted by Crippen LogP contribution is -2.37. The van der Waals surface area contributed by atoms with Crippen molar-refractivity contribution in [3.05, 3.63) is 29.2 Å². The van der Waals surface area contributed by atoms with Gasteiger partial charge in [0.05, 0.1) is 13.2 Å². The molecule has 1 fully saturated rings. The van der Waals surface area contributed by atoms with E-state index in [1.165, 1.54) is 17.7 Å². The Balaban J connectivity index is 1.74. The highest BCUT2D eigenvalue weighted by molar-refractivity contribution is 7.15. The quantitative estimate of drug-likeness (QED) is 0.921. The van der Waals surface area contributed by atoms with Crippen LogP contribution in [0.5, 0.6) is 0 Å². The molecule has 7 nitrogen and oxygen atoms in total. The van der Waals surface area contributed by atoms with Crippen LogP contribution in [0.4, 0.5) is 10.9 Å². The van der Waals surface area contributed by atoms with Crippen LogP contribution in [-0.4, -0.2) is 47.2 Å². The summed E-state index contributed by atoms with van der Waals surface area (Å²) in [5.74, 6) is 0.468. The molecule has 0 saturated carbocycles. The van der Waals surface area contributed by atoms with Gasteiger partial charge in [-0.2, -0.15) is 0 Å². The van der Waals surface area contributed by atoms with Crippen LogP contribution in [0.25, 0.3) is 0 Å². The van der Waals surface area contributed by atoms with Gasteiger partial charge in [-0.1, -0.05) is 0 Å². The summed E-state index contributed by atoms with van der Waals surface area (Å²) in [6.07, 6.45) is 3.13. The van der Waals surface area contributed by atoms with Gasteiger partial charge in [0.15, 0.2) is 5.13 Å². The summed E-state index contributed by atoms with van der Waals surface area (Å²) in [5.41, 5.74) is 0.333. The largest absolute Gasteiger partial charge is 0.378 e. The van der Waals surface area contributed by atoms with Gasteiger partial charge in [-0.15, -0.1) is 11.3 Å². The van der Waals surface area contributed by atoms with E-state index in [1.54, 1.807) is 12.3 Å². The van der Waals surface area contributed by atoms with Crippen molar-refractivity contribution in [2.24, 2.45) is 0 Å². The highest BCUT2D eigenvalue weighted by atomic mass is 32.1. The highest BCUT2D eigenvalue weighted by Gasteiger charge is 2.16. The van der Waals surface area contributed by atoms with Gasteiger partial charge in [0.1, 0.15) is 17.8 Å². The zero-order valence-corrected chi connectivity index (χ0v) is 12.4. The Morgan fingerprint density at radius 2 is 2.14 bits per heavy atom. The topological polar surface area (TPSA) is 80.2 Å². The second-order valence-corrected chi connectivity index (χ2v) is 5.83. The van der Waals surface area contributed by atoms with Crippen molar-refractivity contribution >= 4 is 28.2 Å². The van der Waals surface area contributed by atoms with Crippen LogP contribution < -0.4 is 10.2 Å². The lowest BCUT2D eigenvalue weighted by atomic mass is 10.3. The van der Waals surface area contributed by atoms with Gasteiger partial charge in [-0.25, -0.2) is 15.0 Å². The number of hydrogen-bond acceptors (Lipinski definition) is 7. The number of anilines is 2. The average Bonchev–Trinajstić information content (AvgIpc) is 2.93. The number of carbonyl (C=O) groups is 1. The zero-order valence-electron chi connectivity index (χ0n) is 11.6. The van der Waals surface area contributed by atoms with Crippen LogP contribution >= 0.6 is 11.3 Å². The Hall–Kier alpha value is -2.06. The second kappa shape index (κ2) is 6.15. The van der Waals surface area contributed by atoms with Gasteiger partial charge in [0, 0.05) is 30.2 Å². The van der Waals surface area contributed by atoms with E-state index < -0.39 is 0 Å². The minimum Gasteiger partial charge on any atom is -0.378 e. The summed E-state index contributed by atoms with van der Waals surface area (Å²) in [4.78, 5) is 27.7. The number of aryl methyl sites for hydroxylation is 1. The second-order valence-electron chi connectivity index (χ2n) is 4.59. The molecule has 1 aliphatic heterocycles. The summed E-state index contributed by atoms with van der Waals surface area (Å²) in [5, 5.41) is 3.32. The smallest absolute Gasteiger partial charge is 0.276 e. The molecular formula is C13H15N5O2S. The monoisotopic (exact) mass is 305 g/mol. The van der Waals surface area contributed by atoms with Crippen LogP contribution in [0.15, 0.2) is 18.6 Å². The number of thiazole rings is 1. The van der Waals surface area contributed by atoms with E-state index in [9.17, 15) is 4.79 Å². The van der Waals surface area contributed by atoms with E-state index in [0.717, 1.165) is 23.8 Å². The van der Waals surface area contributed by atoms with Crippen molar-refractivity contribution in [3.63, 3.8) is 0 Å². The Morgan fingerprint density at radius 1 is 1.33 bits per heavy atom. The van der Waals surface area contributed by atoms with Crippen LogP contribution in [-0.2, 0) is 4.74 Å². The van der Waals surface area contributed by atoms with Gasteiger partial charge < -0.3 is 9.64 Å². The molecule has 0 bridgehead atoms. The maximum Gasteiger partial charge on any atom is 0.276 e. The fourth-order valence-electron chi connectivity index (χ4n) is 2.01. The molecule has 0 radical (unpaired) electrons. The molecule has 21 heavy (non-hydrogen) atoms. The number of aromatic nitrogens is 3. The molecule has 0 spiro atoms. The average molecular weight is 305 g/mol. The molecule has 0 aliphatic carbocycles. The lowest BCUT2D eigenvalue weighted by Gasteiger charge is -2.27. The molecule has 2 aromatic rings. The van der Waals surface area contributed by atoms with Crippen LogP contribution in [0.1, 0.15) is 15.4 Å². The van der Waals surface area contributed by atoms with E-state index in [1.807, 2.05) is 6.92 Å². The van der Waals surface area contributed by atoms with E-state index in [4.69, 9.17) is 4.74 Å². The van der Waals surface area contributed by atoms with Crippen molar-refractivity contribution in [1.82, 2.24) is 15.0 Å². The summed E-state index contributed by atoms with van der Waals surface area (Å²) in [6, 6.07) is 1.70. The maximum atomic E-state index is 12.2. The van der Waals surface area contributed by atoms with Crippen molar-refractivity contribution in [1.29, 1.82) is 0 Å². The van der Waals surface area contributed by atoms with E-state index in [0.29, 0.717) is 24.0 Å². The zero-order chi connectivity index (χ0) is 14.7. The molecule has 1 N–H and O–H groups in total. The molecule has 3 heterocycles. The first-order chi connectivity index (χ1) is 10.2. The maximum absolute atomic E-state index is 12.2. The van der Waals surface area contributed by atoms with E-state index in [-0.39, 0.29) is 5.91 Å². The third kappa shape index (κ3) is 3.34. The summed E-state index contributed by atoms with van der Waals surface area (Å²) < 4.78 is 5.31. The number of morpholine rings is 1. The number of amides is 1. The fraction of sp³-hybridized carbons (Fsp3) is 0.385. The fourth-order valence-corrected chi connectivity index (χ4v) is 2.67. The molecular weight excluding hydrogens is 290 g/mol. The highest BCUT2D eigenvalue weighted by Crippen LogP contribution is 2.18. The first-order valence-electron chi connectivity index (χ1n) is 6.61. The molecule has 1 amide bonds. The molecule has 2 aromatic heterocycles. The number of ether oxygens (including phenoxy) is 1. The molecule has 1 saturated heterocycles. The predicted octanol–water partition coefficient (Wildman–Crippen LogP) is 1.33. The van der Waals surface area contributed by atoms with Gasteiger partial charge in [-0.3, -0.25) is 10.1 Å². The van der Waals surface area contributed by atoms with E-state index >= 15 is 0 Å². The predicted molar refractivity (Wildman–Crippen MR) is 79.9 cm³/mol. The number of nitrogens with one attached hydrogen (secondary N) is 1. The molecule has 8 heteroatoms. The number of rotatable bonds is 3. The molecule has 1 aliphatic rings. The Labute approximate surface area is 126 Å². The Kier molecular flexibility index (Phi) is 4.07. The molecule has 110 valence electrons. The van der Waals surface area contributed by atoms with E-state index in [2.05, 4.69) is 25.2 Å². The number of hydrogen-bond donors (Lipinski definition) is 1.